The van der Waals surface area contributed by atoms with Gasteiger partial charge in [0.2, 0.25) is 0 Å². The van der Waals surface area contributed by atoms with Gasteiger partial charge in [0.25, 0.3) is 0 Å². The first-order valence-corrected chi connectivity index (χ1v) is 11.7. The van der Waals surface area contributed by atoms with Crippen LogP contribution in [0.25, 0.3) is 0 Å². The van der Waals surface area contributed by atoms with Gasteiger partial charge in [-0.05, 0) is 85.7 Å². The zero-order valence-corrected chi connectivity index (χ0v) is 18.0. The van der Waals surface area contributed by atoms with Crippen LogP contribution in [-0.2, 0) is 16.0 Å². The fourth-order valence-electron chi connectivity index (χ4n) is 7.77. The van der Waals surface area contributed by atoms with Crippen molar-refractivity contribution in [1.29, 1.82) is 0 Å². The number of carbonyl (C=O) groups is 2. The fourth-order valence-corrected chi connectivity index (χ4v) is 7.77. The van der Waals surface area contributed by atoms with Gasteiger partial charge in [0.15, 0.2) is 5.78 Å². The maximum atomic E-state index is 12.8. The van der Waals surface area contributed by atoms with Gasteiger partial charge in [-0.15, -0.1) is 0 Å². The summed E-state index contributed by atoms with van der Waals surface area (Å²) in [6, 6.07) is 10.8. The van der Waals surface area contributed by atoms with Crippen LogP contribution in [0.2, 0.25) is 0 Å². The Morgan fingerprint density at radius 1 is 0.931 bits per heavy atom. The van der Waals surface area contributed by atoms with E-state index in [9.17, 15) is 9.59 Å². The van der Waals surface area contributed by atoms with Crippen molar-refractivity contribution in [2.45, 2.75) is 71.6 Å². The summed E-state index contributed by atoms with van der Waals surface area (Å²) < 4.78 is 0. The van der Waals surface area contributed by atoms with Gasteiger partial charge in [-0.25, -0.2) is 0 Å². The van der Waals surface area contributed by atoms with E-state index >= 15 is 0 Å². The van der Waals surface area contributed by atoms with Gasteiger partial charge in [-0.3, -0.25) is 9.59 Å². The van der Waals surface area contributed by atoms with Crippen LogP contribution < -0.4 is 0 Å². The summed E-state index contributed by atoms with van der Waals surface area (Å²) in [5, 5.41) is 0. The van der Waals surface area contributed by atoms with Crippen molar-refractivity contribution in [3.05, 3.63) is 47.5 Å². The third kappa shape index (κ3) is 2.97. The zero-order chi connectivity index (χ0) is 20.2. The van der Waals surface area contributed by atoms with Crippen LogP contribution in [-0.4, -0.2) is 11.6 Å². The molecule has 0 aromatic heterocycles. The van der Waals surface area contributed by atoms with E-state index < -0.39 is 0 Å². The minimum Gasteiger partial charge on any atom is -0.299 e. The van der Waals surface area contributed by atoms with Crippen molar-refractivity contribution < 1.29 is 9.59 Å². The lowest BCUT2D eigenvalue weighted by molar-refractivity contribution is -0.135. The highest BCUT2D eigenvalue weighted by molar-refractivity contribution is 5.91. The molecule has 2 heteroatoms. The normalized spacial score (nSPS) is 41.4. The summed E-state index contributed by atoms with van der Waals surface area (Å²) in [4.78, 5) is 25.1. The lowest BCUT2D eigenvalue weighted by Gasteiger charge is -2.59. The number of benzene rings is 1. The minimum atomic E-state index is -0.0891. The Bertz CT molecular complexity index is 853. The number of Topliss-reactive ketones (excluding diaryl/α,β-unsaturated/α-hetero) is 1. The Morgan fingerprint density at radius 3 is 2.48 bits per heavy atom. The minimum absolute atomic E-state index is 0.0891. The molecule has 0 N–H and O–H groups in total. The van der Waals surface area contributed by atoms with E-state index in [-0.39, 0.29) is 10.8 Å². The van der Waals surface area contributed by atoms with E-state index in [4.69, 9.17) is 0 Å². The van der Waals surface area contributed by atoms with E-state index in [0.717, 1.165) is 44.9 Å². The van der Waals surface area contributed by atoms with Crippen molar-refractivity contribution >= 4 is 11.6 Å². The van der Waals surface area contributed by atoms with Gasteiger partial charge < -0.3 is 0 Å². The highest BCUT2D eigenvalue weighted by Crippen LogP contribution is 2.66. The highest BCUT2D eigenvalue weighted by atomic mass is 16.1. The summed E-state index contributed by atoms with van der Waals surface area (Å²) in [6.45, 7) is 4.71. The zero-order valence-electron chi connectivity index (χ0n) is 18.0. The predicted molar refractivity (Wildman–Crippen MR) is 115 cm³/mol. The molecule has 4 aliphatic rings. The van der Waals surface area contributed by atoms with Gasteiger partial charge in [0.05, 0.1) is 0 Å². The van der Waals surface area contributed by atoms with Crippen molar-refractivity contribution in [1.82, 2.24) is 0 Å². The number of carbonyl (C=O) groups excluding carboxylic acids is 2. The second-order valence-electron chi connectivity index (χ2n) is 10.8. The Balaban J connectivity index is 1.50. The lowest BCUT2D eigenvalue weighted by atomic mass is 9.44. The number of ketones is 2. The van der Waals surface area contributed by atoms with E-state index in [2.05, 4.69) is 44.2 Å². The average molecular weight is 391 g/mol. The lowest BCUT2D eigenvalue weighted by Crippen LogP contribution is -2.53. The molecule has 6 atom stereocenters. The predicted octanol–water partition coefficient (Wildman–Crippen LogP) is 5.95. The van der Waals surface area contributed by atoms with E-state index in [1.165, 1.54) is 17.6 Å². The van der Waals surface area contributed by atoms with Crippen LogP contribution >= 0.6 is 0 Å². The van der Waals surface area contributed by atoms with Crippen LogP contribution in [0.15, 0.2) is 42.0 Å². The first-order chi connectivity index (χ1) is 13.9. The molecule has 5 rings (SSSR count). The van der Waals surface area contributed by atoms with Crippen LogP contribution in [0, 0.1) is 34.5 Å². The maximum absolute atomic E-state index is 12.8. The number of aryl methyl sites for hydroxylation is 1. The molecule has 0 radical (unpaired) electrons. The van der Waals surface area contributed by atoms with Gasteiger partial charge in [-0.1, -0.05) is 49.8 Å². The first-order valence-electron chi connectivity index (χ1n) is 11.7. The SMILES string of the molecule is C[C@]12CCC(=O)C=C1C[C@H](CCc1ccccc1)[C@@H]1[C@@H]2CC[C@]2(C)C(=O)CC[C@@H]12. The largest absolute Gasteiger partial charge is 0.299 e. The van der Waals surface area contributed by atoms with Gasteiger partial charge in [0, 0.05) is 18.3 Å². The molecule has 4 aliphatic carbocycles. The molecular formula is C27H34O2. The number of allylic oxidation sites excluding steroid dienone is 1. The van der Waals surface area contributed by atoms with Crippen LogP contribution in [0.5, 0.6) is 0 Å². The molecule has 154 valence electrons. The number of hydrogen-bond donors (Lipinski definition) is 0. The highest BCUT2D eigenvalue weighted by Gasteiger charge is 2.61. The molecular weight excluding hydrogens is 356 g/mol. The Labute approximate surface area is 175 Å². The summed E-state index contributed by atoms with van der Waals surface area (Å²) >= 11 is 0. The molecule has 0 bridgehead atoms. The van der Waals surface area contributed by atoms with E-state index in [1.54, 1.807) is 0 Å². The summed E-state index contributed by atoms with van der Waals surface area (Å²) in [5.74, 6) is 3.27. The average Bonchev–Trinajstić information content (AvgIpc) is 3.02. The van der Waals surface area contributed by atoms with Gasteiger partial charge in [-0.2, -0.15) is 0 Å². The van der Waals surface area contributed by atoms with E-state index in [0.29, 0.717) is 41.7 Å². The molecule has 0 saturated heterocycles. The quantitative estimate of drug-likeness (QED) is 0.639. The second kappa shape index (κ2) is 6.93. The maximum Gasteiger partial charge on any atom is 0.155 e. The molecule has 0 heterocycles. The van der Waals surface area contributed by atoms with Crippen LogP contribution in [0.1, 0.15) is 70.8 Å². The summed E-state index contributed by atoms with van der Waals surface area (Å²) in [6.07, 6.45) is 11.2. The Morgan fingerprint density at radius 2 is 1.69 bits per heavy atom. The third-order valence-corrected chi connectivity index (χ3v) is 9.49. The first kappa shape index (κ1) is 19.3. The Kier molecular flexibility index (Phi) is 4.60. The van der Waals surface area contributed by atoms with Crippen LogP contribution in [0.3, 0.4) is 0 Å². The molecule has 0 spiro atoms. The molecule has 3 fully saturated rings. The van der Waals surface area contributed by atoms with Crippen molar-refractivity contribution in [2.75, 3.05) is 0 Å². The smallest absolute Gasteiger partial charge is 0.155 e. The summed E-state index contributed by atoms with van der Waals surface area (Å²) in [7, 11) is 0. The Hall–Kier alpha value is -1.70. The van der Waals surface area contributed by atoms with E-state index in [1.807, 2.05) is 6.08 Å². The summed E-state index contributed by atoms with van der Waals surface area (Å²) in [5.41, 5.74) is 2.93. The molecule has 0 aliphatic heterocycles. The fraction of sp³-hybridized carbons (Fsp3) is 0.630. The monoisotopic (exact) mass is 390 g/mol. The molecule has 1 aromatic rings. The van der Waals surface area contributed by atoms with Gasteiger partial charge in [0.1, 0.15) is 5.78 Å². The third-order valence-electron chi connectivity index (χ3n) is 9.49. The molecule has 2 nitrogen and oxygen atoms in total. The van der Waals surface area contributed by atoms with Crippen LogP contribution in [0.4, 0.5) is 0 Å². The van der Waals surface area contributed by atoms with Gasteiger partial charge >= 0.3 is 0 Å². The molecule has 29 heavy (non-hydrogen) atoms. The molecule has 0 amide bonds. The van der Waals surface area contributed by atoms with Crippen molar-refractivity contribution in [3.63, 3.8) is 0 Å². The second-order valence-corrected chi connectivity index (χ2v) is 10.8. The number of rotatable bonds is 3. The van der Waals surface area contributed by atoms with Crippen molar-refractivity contribution in [3.8, 4) is 0 Å². The topological polar surface area (TPSA) is 34.1 Å². The molecule has 1 aromatic carbocycles. The standard InChI is InChI=1S/C27H34O2/c1-26-14-12-21(28)17-20(26)16-19(9-8-18-6-4-3-5-7-18)25-22-10-11-24(29)27(22,2)15-13-23(25)26/h3-7,17,19,22-23,25H,8-16H2,1-2H3/t19-,22-,23-,25-,26-,27-/m0/s1. The molecule has 0 unspecified atom stereocenters. The number of hydrogen-bond acceptors (Lipinski definition) is 2. The van der Waals surface area contributed by atoms with Crippen molar-refractivity contribution in [2.24, 2.45) is 34.5 Å². The molecule has 3 saturated carbocycles. The number of fused-ring (bicyclic) bond motifs is 5.